The summed E-state index contributed by atoms with van der Waals surface area (Å²) in [5.41, 5.74) is -1.11. The summed E-state index contributed by atoms with van der Waals surface area (Å²) >= 11 is 0. The van der Waals surface area contributed by atoms with Crippen LogP contribution in [0.15, 0.2) is 24.3 Å². The second-order valence-electron chi connectivity index (χ2n) is 11.6. The summed E-state index contributed by atoms with van der Waals surface area (Å²) in [7, 11) is 4.38. The van der Waals surface area contributed by atoms with Crippen LogP contribution in [0.25, 0.3) is 0 Å². The van der Waals surface area contributed by atoms with Crippen LogP contribution in [0.1, 0.15) is 47.5 Å². The fourth-order valence-corrected chi connectivity index (χ4v) is 6.51. The summed E-state index contributed by atoms with van der Waals surface area (Å²) in [5, 5.41) is 3.21. The van der Waals surface area contributed by atoms with Gasteiger partial charge in [-0.3, -0.25) is 19.1 Å². The largest absolute Gasteiger partial charge is 0.364 e. The summed E-state index contributed by atoms with van der Waals surface area (Å²) in [6.45, 7) is 8.76. The number of hydrogen-bond donors (Lipinski definition) is 3. The molecule has 2 fully saturated rings. The SMILES string of the molecule is [B][C@@]1(C[C@H](NC(=O)[C@H]2N(S(=O)(=O)Nc3ccccc3F)CC(C)C2(C)C)C(=O)COC(C)(C)P)CCNC1=O. The minimum Gasteiger partial charge on any atom is -0.364 e. The fourth-order valence-electron chi connectivity index (χ4n) is 4.80. The molecule has 0 aromatic heterocycles. The van der Waals surface area contributed by atoms with Gasteiger partial charge in [-0.25, -0.2) is 4.39 Å². The number of halogens is 1. The molecule has 2 aliphatic rings. The number of carbonyl (C=O) groups is 3. The van der Waals surface area contributed by atoms with Crippen molar-refractivity contribution in [2.24, 2.45) is 11.3 Å². The Morgan fingerprint density at radius 1 is 1.33 bits per heavy atom. The number of para-hydroxylation sites is 1. The molecule has 2 unspecified atom stereocenters. The van der Waals surface area contributed by atoms with Crippen molar-refractivity contribution in [1.29, 1.82) is 0 Å². The maximum absolute atomic E-state index is 14.2. The number of anilines is 1. The Kier molecular flexibility index (Phi) is 9.22. The van der Waals surface area contributed by atoms with Crippen LogP contribution >= 0.6 is 9.24 Å². The first kappa shape index (κ1) is 31.5. The molecule has 2 aliphatic heterocycles. The van der Waals surface area contributed by atoms with E-state index in [1.165, 1.54) is 18.2 Å². The summed E-state index contributed by atoms with van der Waals surface area (Å²) < 4.78 is 49.9. The zero-order valence-electron chi connectivity index (χ0n) is 22.9. The first-order chi connectivity index (χ1) is 17.9. The van der Waals surface area contributed by atoms with Crippen LogP contribution in [0.2, 0.25) is 5.31 Å². The molecule has 14 heteroatoms. The van der Waals surface area contributed by atoms with E-state index in [1.54, 1.807) is 27.7 Å². The van der Waals surface area contributed by atoms with Crippen LogP contribution < -0.4 is 15.4 Å². The maximum atomic E-state index is 14.2. The maximum Gasteiger partial charge on any atom is 0.302 e. The van der Waals surface area contributed by atoms with Crippen LogP contribution in [0.4, 0.5) is 10.1 Å². The molecule has 0 saturated carbocycles. The number of carbonyl (C=O) groups excluding carboxylic acids is 3. The predicted octanol–water partition coefficient (Wildman–Crippen LogP) is 1.75. The number of benzene rings is 1. The van der Waals surface area contributed by atoms with Crippen molar-refractivity contribution >= 4 is 50.6 Å². The smallest absolute Gasteiger partial charge is 0.302 e. The highest BCUT2D eigenvalue weighted by molar-refractivity contribution is 7.90. The zero-order valence-corrected chi connectivity index (χ0v) is 24.9. The molecular formula is C25H37BFN4O6PS. The Morgan fingerprint density at radius 3 is 2.54 bits per heavy atom. The second kappa shape index (κ2) is 11.4. The van der Waals surface area contributed by atoms with E-state index in [0.29, 0.717) is 6.54 Å². The van der Waals surface area contributed by atoms with Gasteiger partial charge in [-0.1, -0.05) is 32.9 Å². The van der Waals surface area contributed by atoms with E-state index in [2.05, 4.69) is 24.6 Å². The molecule has 0 spiro atoms. The van der Waals surface area contributed by atoms with Gasteiger partial charge in [-0.2, -0.15) is 12.7 Å². The molecular weight excluding hydrogens is 545 g/mol. The van der Waals surface area contributed by atoms with Crippen LogP contribution in [-0.2, 0) is 29.3 Å². The number of ketones is 1. The van der Waals surface area contributed by atoms with E-state index in [9.17, 15) is 27.2 Å². The van der Waals surface area contributed by atoms with E-state index < -0.39 is 61.8 Å². The van der Waals surface area contributed by atoms with Crippen LogP contribution in [0, 0.1) is 17.2 Å². The highest BCUT2D eigenvalue weighted by Crippen LogP contribution is 2.43. The van der Waals surface area contributed by atoms with Gasteiger partial charge < -0.3 is 15.4 Å². The predicted molar refractivity (Wildman–Crippen MR) is 150 cm³/mol. The van der Waals surface area contributed by atoms with Gasteiger partial charge in [0.25, 0.3) is 0 Å². The van der Waals surface area contributed by atoms with Crippen molar-refractivity contribution in [1.82, 2.24) is 14.9 Å². The molecule has 2 amide bonds. The third-order valence-electron chi connectivity index (χ3n) is 7.56. The van der Waals surface area contributed by atoms with Crippen LogP contribution in [-0.4, -0.2) is 75.3 Å². The number of hydrogen-bond acceptors (Lipinski definition) is 6. The van der Waals surface area contributed by atoms with Gasteiger partial charge >= 0.3 is 10.2 Å². The van der Waals surface area contributed by atoms with Crippen molar-refractivity contribution in [2.45, 2.75) is 70.2 Å². The molecule has 0 bridgehead atoms. The first-order valence-corrected chi connectivity index (χ1v) is 14.8. The Balaban J connectivity index is 1.91. The summed E-state index contributed by atoms with van der Waals surface area (Å²) in [4.78, 5) is 39.5. The lowest BCUT2D eigenvalue weighted by Gasteiger charge is -2.35. The lowest BCUT2D eigenvalue weighted by molar-refractivity contribution is -0.135. The van der Waals surface area contributed by atoms with E-state index in [0.717, 1.165) is 10.4 Å². The normalized spacial score (nSPS) is 26.2. The molecule has 3 rings (SSSR count). The lowest BCUT2D eigenvalue weighted by Crippen LogP contribution is -2.56. The van der Waals surface area contributed by atoms with Gasteiger partial charge in [-0.15, -0.1) is 9.24 Å². The van der Waals surface area contributed by atoms with Crippen molar-refractivity contribution in [2.75, 3.05) is 24.4 Å². The Hall–Kier alpha value is -2.08. The summed E-state index contributed by atoms with van der Waals surface area (Å²) in [6, 6.07) is 2.86. The van der Waals surface area contributed by atoms with Crippen molar-refractivity contribution in [3.8, 4) is 0 Å². The quantitative estimate of drug-likeness (QED) is 0.269. The third kappa shape index (κ3) is 7.17. The van der Waals surface area contributed by atoms with Crippen molar-refractivity contribution in [3.63, 3.8) is 0 Å². The standard InChI is InChI=1S/C25H37BFN4O6PS/c1-15-13-31(39(35,36)30-17-9-7-6-8-16(17)27)20(23(15,2)3)21(33)29-18(19(32)14-37-24(4,5)38)12-25(26)10-11-28-22(25)34/h6-9,15,18,20,30H,10-14,38H2,1-5H3,(H,28,34)(H,29,33)/t15?,18-,20+,25+/m0/s1. The molecule has 39 heavy (non-hydrogen) atoms. The van der Waals surface area contributed by atoms with Gasteiger partial charge in [0, 0.05) is 18.4 Å². The van der Waals surface area contributed by atoms with E-state index in [1.807, 2.05) is 6.92 Å². The highest BCUT2D eigenvalue weighted by atomic mass is 32.2. The average Bonchev–Trinajstić information content (AvgIpc) is 3.27. The first-order valence-electron chi connectivity index (χ1n) is 12.7. The molecule has 2 radical (unpaired) electrons. The number of amides is 2. The van der Waals surface area contributed by atoms with Crippen molar-refractivity contribution < 1.29 is 31.9 Å². The fraction of sp³-hybridized carbons (Fsp3) is 0.640. The zero-order chi connectivity index (χ0) is 29.4. The van der Waals surface area contributed by atoms with Gasteiger partial charge in [0.05, 0.1) is 24.9 Å². The summed E-state index contributed by atoms with van der Waals surface area (Å²) in [5.74, 6) is -2.70. The second-order valence-corrected chi connectivity index (χ2v) is 14.6. The lowest BCUT2D eigenvalue weighted by atomic mass is 9.63. The van der Waals surface area contributed by atoms with Gasteiger partial charge in [0.1, 0.15) is 18.5 Å². The monoisotopic (exact) mass is 582 g/mol. The third-order valence-corrected chi connectivity index (χ3v) is 9.18. The van der Waals surface area contributed by atoms with Crippen LogP contribution in [0.3, 0.4) is 0 Å². The minimum atomic E-state index is -4.38. The Labute approximate surface area is 233 Å². The van der Waals surface area contributed by atoms with Gasteiger partial charge in [0.15, 0.2) is 5.78 Å². The molecule has 10 nitrogen and oxygen atoms in total. The number of nitrogens with one attached hydrogen (secondary N) is 3. The molecule has 0 aliphatic carbocycles. The molecule has 2 heterocycles. The number of ether oxygens (including phenoxy) is 1. The molecule has 2 saturated heterocycles. The average molecular weight is 582 g/mol. The van der Waals surface area contributed by atoms with E-state index in [4.69, 9.17) is 12.6 Å². The Morgan fingerprint density at radius 2 is 1.97 bits per heavy atom. The molecule has 1 aromatic rings. The number of Topliss-reactive ketones (excluding diaryl/α,β-unsaturated/α-hetero) is 1. The van der Waals surface area contributed by atoms with Gasteiger partial charge in [0.2, 0.25) is 11.8 Å². The molecule has 214 valence electrons. The molecule has 5 atom stereocenters. The highest BCUT2D eigenvalue weighted by Gasteiger charge is 2.54. The molecule has 1 aromatic carbocycles. The minimum absolute atomic E-state index is 0.0128. The van der Waals surface area contributed by atoms with Gasteiger partial charge in [-0.05, 0) is 50.2 Å². The number of nitrogens with zero attached hydrogens (tertiary/aromatic N) is 1. The summed E-state index contributed by atoms with van der Waals surface area (Å²) in [6.07, 6.45) is 0.0768. The van der Waals surface area contributed by atoms with Crippen LogP contribution in [0.5, 0.6) is 0 Å². The van der Waals surface area contributed by atoms with E-state index in [-0.39, 0.29) is 37.6 Å². The molecule has 3 N–H and O–H groups in total. The topological polar surface area (TPSA) is 134 Å². The Bertz CT molecular complexity index is 1230. The van der Waals surface area contributed by atoms with E-state index >= 15 is 0 Å². The number of rotatable bonds is 11. The van der Waals surface area contributed by atoms with Crippen molar-refractivity contribution in [3.05, 3.63) is 30.1 Å².